The molecular formula is C24H23NO6. The largest absolute Gasteiger partial charge is 0.508 e. The summed E-state index contributed by atoms with van der Waals surface area (Å²) in [5.41, 5.74) is 2.42. The zero-order valence-corrected chi connectivity index (χ0v) is 17.3. The fourth-order valence-corrected chi connectivity index (χ4v) is 2.88. The molecule has 1 aromatic heterocycles. The molecule has 3 aromatic rings. The van der Waals surface area contributed by atoms with Crippen LogP contribution in [0.1, 0.15) is 16.8 Å². The van der Waals surface area contributed by atoms with E-state index in [4.69, 9.17) is 18.9 Å². The second kappa shape index (κ2) is 10.7. The van der Waals surface area contributed by atoms with E-state index in [1.54, 1.807) is 18.3 Å². The molecule has 0 fully saturated rings. The molecule has 31 heavy (non-hydrogen) atoms. The highest BCUT2D eigenvalue weighted by atomic mass is 16.5. The molecule has 0 saturated heterocycles. The topological polar surface area (TPSA) is 87.1 Å². The van der Waals surface area contributed by atoms with Gasteiger partial charge in [0.15, 0.2) is 0 Å². The van der Waals surface area contributed by atoms with Gasteiger partial charge in [0.25, 0.3) is 0 Å². The number of aromatic hydroxyl groups is 1. The predicted octanol–water partition coefficient (Wildman–Crippen LogP) is 4.11. The van der Waals surface area contributed by atoms with Gasteiger partial charge in [0.05, 0.1) is 26.2 Å². The fourth-order valence-electron chi connectivity index (χ4n) is 2.88. The minimum absolute atomic E-state index is 0.0105. The third kappa shape index (κ3) is 5.99. The van der Waals surface area contributed by atoms with E-state index in [0.29, 0.717) is 17.1 Å². The zero-order valence-electron chi connectivity index (χ0n) is 17.3. The van der Waals surface area contributed by atoms with Gasteiger partial charge in [-0.3, -0.25) is 4.98 Å². The second-order valence-electron chi connectivity index (χ2n) is 6.48. The van der Waals surface area contributed by atoms with E-state index in [-0.39, 0.29) is 24.5 Å². The number of carbonyl (C=O) groups excluding carboxylic acids is 1. The van der Waals surface area contributed by atoms with Gasteiger partial charge in [-0.15, -0.1) is 0 Å². The van der Waals surface area contributed by atoms with Crippen molar-refractivity contribution in [2.24, 2.45) is 0 Å². The van der Waals surface area contributed by atoms with Crippen LogP contribution in [0.2, 0.25) is 0 Å². The first kappa shape index (κ1) is 21.7. The first-order valence-corrected chi connectivity index (χ1v) is 9.50. The lowest BCUT2D eigenvalue weighted by Gasteiger charge is -2.14. The molecule has 7 nitrogen and oxygen atoms in total. The van der Waals surface area contributed by atoms with Crippen LogP contribution in [0.25, 0.3) is 5.57 Å². The fraction of sp³-hybridized carbons (Fsp3) is 0.167. The molecule has 1 heterocycles. The Labute approximate surface area is 180 Å². The summed E-state index contributed by atoms with van der Waals surface area (Å²) in [6.07, 6.45) is 3.02. The maximum absolute atomic E-state index is 12.1. The number of ether oxygens (including phenoxy) is 4. The summed E-state index contributed by atoms with van der Waals surface area (Å²) in [7, 11) is 2.77. The van der Waals surface area contributed by atoms with Crippen molar-refractivity contribution >= 4 is 11.5 Å². The summed E-state index contributed by atoms with van der Waals surface area (Å²) in [5, 5.41) is 10.0. The van der Waals surface area contributed by atoms with Crippen LogP contribution in [0, 0.1) is 0 Å². The number of phenols is 1. The monoisotopic (exact) mass is 421 g/mol. The highest BCUT2D eigenvalue weighted by Crippen LogP contribution is 2.29. The van der Waals surface area contributed by atoms with Crippen LogP contribution in [-0.4, -0.2) is 30.3 Å². The Morgan fingerprint density at radius 1 is 0.968 bits per heavy atom. The number of rotatable bonds is 9. The Kier molecular flexibility index (Phi) is 7.48. The van der Waals surface area contributed by atoms with E-state index in [0.717, 1.165) is 11.3 Å². The number of phenolic OH excluding ortho intramolecular Hbond substituents is 1. The Morgan fingerprint density at radius 3 is 2.35 bits per heavy atom. The number of esters is 1. The molecule has 3 rings (SSSR count). The predicted molar refractivity (Wildman–Crippen MR) is 114 cm³/mol. The molecular weight excluding hydrogens is 398 g/mol. The number of carbonyl (C=O) groups is 1. The lowest BCUT2D eigenvalue weighted by molar-refractivity contribution is -0.133. The van der Waals surface area contributed by atoms with Crippen molar-refractivity contribution < 1.29 is 28.8 Å². The Balaban J connectivity index is 1.75. The van der Waals surface area contributed by atoms with Gasteiger partial charge < -0.3 is 24.1 Å². The van der Waals surface area contributed by atoms with E-state index in [1.165, 1.54) is 32.6 Å². The molecule has 0 unspecified atom stereocenters. The van der Waals surface area contributed by atoms with Crippen LogP contribution in [0.5, 0.6) is 17.2 Å². The van der Waals surface area contributed by atoms with Gasteiger partial charge in [-0.1, -0.05) is 30.3 Å². The molecule has 0 amide bonds. The van der Waals surface area contributed by atoms with Crippen molar-refractivity contribution in [1.82, 2.24) is 4.98 Å². The molecule has 7 heteroatoms. The van der Waals surface area contributed by atoms with Crippen molar-refractivity contribution in [3.8, 4) is 17.2 Å². The lowest BCUT2D eigenvalue weighted by atomic mass is 10.0. The standard InChI is InChI=1S/C24H23NO6/c1-28-16-23(24(27)29-2)22-9-4-3-7-17(22)14-30-20-11-19(26)12-21(13-20)31-15-18-8-5-6-10-25-18/h3-13,16,26H,14-15H2,1-2H3/b23-16-. The summed E-state index contributed by atoms with van der Waals surface area (Å²) in [6, 6.07) is 17.5. The van der Waals surface area contributed by atoms with Gasteiger partial charge >= 0.3 is 5.97 Å². The van der Waals surface area contributed by atoms with Crippen LogP contribution in [0.3, 0.4) is 0 Å². The smallest absolute Gasteiger partial charge is 0.341 e. The maximum Gasteiger partial charge on any atom is 0.341 e. The molecule has 0 aliphatic heterocycles. The third-order valence-electron chi connectivity index (χ3n) is 4.32. The number of aromatic nitrogens is 1. The van der Waals surface area contributed by atoms with Crippen molar-refractivity contribution in [3.05, 3.63) is 89.9 Å². The van der Waals surface area contributed by atoms with E-state index >= 15 is 0 Å². The first-order valence-electron chi connectivity index (χ1n) is 9.50. The van der Waals surface area contributed by atoms with Crippen molar-refractivity contribution in [1.29, 1.82) is 0 Å². The van der Waals surface area contributed by atoms with Crippen LogP contribution in [-0.2, 0) is 27.5 Å². The molecule has 0 saturated carbocycles. The van der Waals surface area contributed by atoms with Gasteiger partial charge in [-0.2, -0.15) is 0 Å². The summed E-state index contributed by atoms with van der Waals surface area (Å²) < 4.78 is 21.5. The Morgan fingerprint density at radius 2 is 1.68 bits per heavy atom. The maximum atomic E-state index is 12.1. The molecule has 1 N–H and O–H groups in total. The van der Waals surface area contributed by atoms with Gasteiger partial charge in [0.1, 0.15) is 36.0 Å². The van der Waals surface area contributed by atoms with Gasteiger partial charge in [0.2, 0.25) is 0 Å². The number of benzene rings is 2. The molecule has 0 atom stereocenters. The SMILES string of the molecule is CO/C=C(\C(=O)OC)c1ccccc1COc1cc(O)cc(OCc2ccccn2)c1. The van der Waals surface area contributed by atoms with Crippen LogP contribution >= 0.6 is 0 Å². The molecule has 160 valence electrons. The van der Waals surface area contributed by atoms with Crippen LogP contribution < -0.4 is 9.47 Å². The Hall–Kier alpha value is -4.00. The minimum atomic E-state index is -0.517. The molecule has 2 aromatic carbocycles. The summed E-state index contributed by atoms with van der Waals surface area (Å²) in [6.45, 7) is 0.411. The average molecular weight is 421 g/mol. The van der Waals surface area contributed by atoms with E-state index in [9.17, 15) is 9.90 Å². The third-order valence-corrected chi connectivity index (χ3v) is 4.32. The molecule has 0 spiro atoms. The van der Waals surface area contributed by atoms with Crippen molar-refractivity contribution in [3.63, 3.8) is 0 Å². The van der Waals surface area contributed by atoms with Gasteiger partial charge in [-0.25, -0.2) is 4.79 Å². The number of nitrogens with zero attached hydrogens (tertiary/aromatic N) is 1. The number of hydrogen-bond donors (Lipinski definition) is 1. The van der Waals surface area contributed by atoms with Crippen molar-refractivity contribution in [2.45, 2.75) is 13.2 Å². The van der Waals surface area contributed by atoms with Crippen LogP contribution in [0.4, 0.5) is 0 Å². The minimum Gasteiger partial charge on any atom is -0.508 e. The quantitative estimate of drug-likeness (QED) is 0.316. The normalized spacial score (nSPS) is 11.0. The van der Waals surface area contributed by atoms with Gasteiger partial charge in [-0.05, 0) is 23.3 Å². The van der Waals surface area contributed by atoms with Crippen LogP contribution in [0.15, 0.2) is 73.1 Å². The molecule has 0 aliphatic rings. The molecule has 0 bridgehead atoms. The number of methoxy groups -OCH3 is 2. The summed E-state index contributed by atoms with van der Waals surface area (Å²) >= 11 is 0. The summed E-state index contributed by atoms with van der Waals surface area (Å²) in [4.78, 5) is 16.3. The average Bonchev–Trinajstić information content (AvgIpc) is 2.80. The van der Waals surface area contributed by atoms with Crippen molar-refractivity contribution in [2.75, 3.05) is 14.2 Å². The molecule has 0 aliphatic carbocycles. The highest BCUT2D eigenvalue weighted by Gasteiger charge is 2.17. The molecule has 0 radical (unpaired) electrons. The summed E-state index contributed by atoms with van der Waals surface area (Å²) in [5.74, 6) is 0.359. The second-order valence-corrected chi connectivity index (χ2v) is 6.48. The highest BCUT2D eigenvalue weighted by molar-refractivity contribution is 6.16. The van der Waals surface area contributed by atoms with E-state index in [1.807, 2.05) is 36.4 Å². The number of pyridine rings is 1. The van der Waals surface area contributed by atoms with Gasteiger partial charge in [0, 0.05) is 24.4 Å². The van der Waals surface area contributed by atoms with E-state index < -0.39 is 5.97 Å². The number of hydrogen-bond acceptors (Lipinski definition) is 7. The first-order chi connectivity index (χ1) is 15.1. The Bertz CT molecular complexity index is 1050. The zero-order chi connectivity index (χ0) is 22.1. The lowest BCUT2D eigenvalue weighted by Crippen LogP contribution is -2.08. The van der Waals surface area contributed by atoms with E-state index in [2.05, 4.69) is 4.98 Å².